The van der Waals surface area contributed by atoms with E-state index in [1.807, 2.05) is 0 Å². The van der Waals surface area contributed by atoms with Crippen molar-refractivity contribution in [1.29, 1.82) is 0 Å². The van der Waals surface area contributed by atoms with Gasteiger partial charge in [0.25, 0.3) is 0 Å². The smallest absolute Gasteiger partial charge is 0.385 e. The van der Waals surface area contributed by atoms with Crippen molar-refractivity contribution >= 4 is 0 Å². The van der Waals surface area contributed by atoms with Gasteiger partial charge in [-0.3, -0.25) is 0 Å². The zero-order valence-corrected chi connectivity index (χ0v) is 9.97. The Balaban J connectivity index is 2.31. The lowest BCUT2D eigenvalue weighted by molar-refractivity contribution is -0.201. The Hall–Kier alpha value is -1.17. The minimum Gasteiger partial charge on any atom is -0.385 e. The molecule has 2 atom stereocenters. The van der Waals surface area contributed by atoms with Crippen LogP contribution in [0.25, 0.3) is 0 Å². The summed E-state index contributed by atoms with van der Waals surface area (Å²) in [5, 5.41) is 10.3. The van der Waals surface area contributed by atoms with Crippen LogP contribution >= 0.6 is 0 Å². The van der Waals surface area contributed by atoms with Crippen molar-refractivity contribution < 1.29 is 27.1 Å². The van der Waals surface area contributed by atoms with E-state index >= 15 is 0 Å². The third kappa shape index (κ3) is 3.05. The van der Waals surface area contributed by atoms with Crippen LogP contribution in [-0.4, -0.2) is 11.3 Å². The molecule has 6 heteroatoms. The Labute approximate surface area is 107 Å². The van der Waals surface area contributed by atoms with Gasteiger partial charge >= 0.3 is 6.18 Å². The summed E-state index contributed by atoms with van der Waals surface area (Å²) in [5.74, 6) is -3.45. The van der Waals surface area contributed by atoms with E-state index in [4.69, 9.17) is 0 Å². The van der Waals surface area contributed by atoms with E-state index in [1.165, 1.54) is 0 Å². The number of rotatable bonds is 1. The molecule has 106 valence electrons. The molecule has 0 heterocycles. The third-order valence-electron chi connectivity index (χ3n) is 3.59. The van der Waals surface area contributed by atoms with Gasteiger partial charge < -0.3 is 5.11 Å². The first-order valence-corrected chi connectivity index (χ1v) is 5.96. The van der Waals surface area contributed by atoms with Gasteiger partial charge in [0.05, 0.1) is 11.5 Å². The zero-order valence-electron chi connectivity index (χ0n) is 9.97. The molecule has 0 amide bonds. The molecule has 1 aliphatic carbocycles. The molecule has 2 unspecified atom stereocenters. The molecule has 1 aromatic rings. The minimum atomic E-state index is -4.40. The maximum absolute atomic E-state index is 13.1. The SMILES string of the molecule is OC1(c2cc(F)cc(F)c2)CCCC(C(F)(F)F)C1. The van der Waals surface area contributed by atoms with Crippen molar-refractivity contribution in [3.8, 4) is 0 Å². The standard InChI is InChI=1S/C13H13F5O/c14-10-4-9(5-11(15)6-10)12(19)3-1-2-8(7-12)13(16,17)18/h4-6,8,19H,1-3,7H2. The summed E-state index contributed by atoms with van der Waals surface area (Å²) in [5.41, 5.74) is -1.94. The Kier molecular flexibility index (Phi) is 3.55. The number of aliphatic hydroxyl groups is 1. The molecule has 0 spiro atoms. The predicted molar refractivity (Wildman–Crippen MR) is 58.3 cm³/mol. The van der Waals surface area contributed by atoms with Gasteiger partial charge in [-0.25, -0.2) is 8.78 Å². The van der Waals surface area contributed by atoms with Crippen molar-refractivity contribution in [2.75, 3.05) is 0 Å². The second-order valence-corrected chi connectivity index (χ2v) is 5.02. The Bertz CT molecular complexity index is 450. The molecule has 0 aromatic heterocycles. The van der Waals surface area contributed by atoms with E-state index in [-0.39, 0.29) is 24.8 Å². The average Bonchev–Trinajstić information content (AvgIpc) is 2.26. The van der Waals surface area contributed by atoms with Gasteiger partial charge in [-0.1, -0.05) is 0 Å². The molecule has 0 bridgehead atoms. The summed E-state index contributed by atoms with van der Waals surface area (Å²) >= 11 is 0. The first kappa shape index (κ1) is 14.2. The monoisotopic (exact) mass is 280 g/mol. The molecular formula is C13H13F5O. The largest absolute Gasteiger partial charge is 0.391 e. The highest BCUT2D eigenvalue weighted by molar-refractivity contribution is 5.25. The van der Waals surface area contributed by atoms with Crippen molar-refractivity contribution in [2.45, 2.75) is 37.5 Å². The summed E-state index contributed by atoms with van der Waals surface area (Å²) in [6, 6.07) is 2.40. The fourth-order valence-corrected chi connectivity index (χ4v) is 2.62. The molecular weight excluding hydrogens is 267 g/mol. The van der Waals surface area contributed by atoms with Gasteiger partial charge in [0.15, 0.2) is 0 Å². The van der Waals surface area contributed by atoms with Gasteiger partial charge in [-0.05, 0) is 43.4 Å². The molecule has 2 rings (SSSR count). The summed E-state index contributed by atoms with van der Waals surface area (Å²) < 4.78 is 64.3. The minimum absolute atomic E-state index is 0.0659. The van der Waals surface area contributed by atoms with Crippen LogP contribution in [0, 0.1) is 17.6 Å². The van der Waals surface area contributed by atoms with E-state index in [0.717, 1.165) is 12.1 Å². The molecule has 0 saturated heterocycles. The molecule has 1 aromatic carbocycles. The maximum atomic E-state index is 13.1. The van der Waals surface area contributed by atoms with Crippen molar-refractivity contribution in [3.63, 3.8) is 0 Å². The lowest BCUT2D eigenvalue weighted by Crippen LogP contribution is -2.38. The predicted octanol–water partition coefficient (Wildman–Crippen LogP) is 3.90. The lowest BCUT2D eigenvalue weighted by Gasteiger charge is -2.38. The summed E-state index contributed by atoms with van der Waals surface area (Å²) in [7, 11) is 0. The van der Waals surface area contributed by atoms with Crippen LogP contribution in [0.4, 0.5) is 22.0 Å². The fraction of sp³-hybridized carbons (Fsp3) is 0.538. The van der Waals surface area contributed by atoms with E-state index in [9.17, 15) is 27.1 Å². The van der Waals surface area contributed by atoms with E-state index in [0.29, 0.717) is 6.07 Å². The zero-order chi connectivity index (χ0) is 14.3. The quantitative estimate of drug-likeness (QED) is 0.773. The second-order valence-electron chi connectivity index (χ2n) is 5.02. The second kappa shape index (κ2) is 4.74. The fourth-order valence-electron chi connectivity index (χ4n) is 2.62. The highest BCUT2D eigenvalue weighted by Crippen LogP contribution is 2.46. The van der Waals surface area contributed by atoms with Crippen LogP contribution in [0.15, 0.2) is 18.2 Å². The molecule has 0 aliphatic heterocycles. The summed E-state index contributed by atoms with van der Waals surface area (Å²) in [4.78, 5) is 0. The van der Waals surface area contributed by atoms with Crippen LogP contribution in [0.5, 0.6) is 0 Å². The van der Waals surface area contributed by atoms with Crippen molar-refractivity contribution in [3.05, 3.63) is 35.4 Å². The van der Waals surface area contributed by atoms with Crippen LogP contribution < -0.4 is 0 Å². The van der Waals surface area contributed by atoms with Crippen molar-refractivity contribution in [2.24, 2.45) is 5.92 Å². The Morgan fingerprint density at radius 1 is 1.11 bits per heavy atom. The van der Waals surface area contributed by atoms with Gasteiger partial charge in [0.2, 0.25) is 0 Å². The molecule has 1 nitrogen and oxygen atoms in total. The average molecular weight is 280 g/mol. The van der Waals surface area contributed by atoms with Crippen LogP contribution in [0.2, 0.25) is 0 Å². The normalized spacial score (nSPS) is 28.4. The molecule has 19 heavy (non-hydrogen) atoms. The van der Waals surface area contributed by atoms with Crippen LogP contribution in [-0.2, 0) is 5.60 Å². The number of benzene rings is 1. The topological polar surface area (TPSA) is 20.2 Å². The van der Waals surface area contributed by atoms with Crippen molar-refractivity contribution in [1.82, 2.24) is 0 Å². The number of hydrogen-bond acceptors (Lipinski definition) is 1. The van der Waals surface area contributed by atoms with E-state index < -0.39 is 35.8 Å². The number of hydrogen-bond donors (Lipinski definition) is 1. The van der Waals surface area contributed by atoms with Crippen LogP contribution in [0.1, 0.15) is 31.2 Å². The highest BCUT2D eigenvalue weighted by Gasteiger charge is 2.47. The van der Waals surface area contributed by atoms with Gasteiger partial charge in [0, 0.05) is 6.07 Å². The molecule has 1 saturated carbocycles. The Morgan fingerprint density at radius 3 is 2.21 bits per heavy atom. The first-order chi connectivity index (χ1) is 8.71. The number of halogens is 5. The third-order valence-corrected chi connectivity index (χ3v) is 3.59. The van der Waals surface area contributed by atoms with E-state index in [1.54, 1.807) is 0 Å². The van der Waals surface area contributed by atoms with Gasteiger partial charge in [-0.15, -0.1) is 0 Å². The number of alkyl halides is 3. The molecule has 1 fully saturated rings. The van der Waals surface area contributed by atoms with Gasteiger partial charge in [0.1, 0.15) is 11.6 Å². The van der Waals surface area contributed by atoms with E-state index in [2.05, 4.69) is 0 Å². The first-order valence-electron chi connectivity index (χ1n) is 5.96. The lowest BCUT2D eigenvalue weighted by atomic mass is 9.74. The highest BCUT2D eigenvalue weighted by atomic mass is 19.4. The summed E-state index contributed by atoms with van der Waals surface area (Å²) in [6.07, 6.45) is -4.79. The van der Waals surface area contributed by atoms with Gasteiger partial charge in [-0.2, -0.15) is 13.2 Å². The summed E-state index contributed by atoms with van der Waals surface area (Å²) in [6.45, 7) is 0. The maximum Gasteiger partial charge on any atom is 0.391 e. The molecule has 1 N–H and O–H groups in total. The Morgan fingerprint density at radius 2 is 1.68 bits per heavy atom. The van der Waals surface area contributed by atoms with Crippen LogP contribution in [0.3, 0.4) is 0 Å². The molecule has 0 radical (unpaired) electrons. The molecule has 1 aliphatic rings.